The zero-order valence-electron chi connectivity index (χ0n) is 10.9. The van der Waals surface area contributed by atoms with Crippen LogP contribution in [0.1, 0.15) is 47.0 Å². The van der Waals surface area contributed by atoms with Gasteiger partial charge in [0.05, 0.1) is 6.61 Å². The number of nitrogens with zero attached hydrogens (tertiary/aromatic N) is 1. The third-order valence-corrected chi connectivity index (χ3v) is 3.60. The lowest BCUT2D eigenvalue weighted by Gasteiger charge is -2.33. The summed E-state index contributed by atoms with van der Waals surface area (Å²) in [6, 6.07) is 0.710. The van der Waals surface area contributed by atoms with E-state index in [9.17, 15) is 0 Å². The lowest BCUT2D eigenvalue weighted by Crippen LogP contribution is -2.37. The van der Waals surface area contributed by atoms with Gasteiger partial charge in [-0.15, -0.1) is 0 Å². The molecule has 2 aliphatic heterocycles. The van der Waals surface area contributed by atoms with Gasteiger partial charge in [0, 0.05) is 24.6 Å². The van der Waals surface area contributed by atoms with Crippen molar-refractivity contribution in [2.24, 2.45) is 5.41 Å². The Bertz CT molecular complexity index is 173. The van der Waals surface area contributed by atoms with Gasteiger partial charge in [0.25, 0.3) is 0 Å². The first-order valence-electron chi connectivity index (χ1n) is 6.54. The van der Waals surface area contributed by atoms with Crippen LogP contribution >= 0.6 is 0 Å². The molecule has 0 amide bonds. The Balaban J connectivity index is 0.000000531. The van der Waals surface area contributed by atoms with Gasteiger partial charge in [-0.1, -0.05) is 13.8 Å². The van der Waals surface area contributed by atoms with Crippen molar-refractivity contribution in [1.29, 1.82) is 0 Å². The molecule has 2 heteroatoms. The summed E-state index contributed by atoms with van der Waals surface area (Å²) in [7, 11) is 0. The van der Waals surface area contributed by atoms with E-state index in [0.717, 1.165) is 13.2 Å². The van der Waals surface area contributed by atoms with Crippen LogP contribution in [0, 0.1) is 5.41 Å². The molecule has 0 N–H and O–H groups in total. The van der Waals surface area contributed by atoms with E-state index in [0.29, 0.717) is 11.5 Å². The van der Waals surface area contributed by atoms with Crippen molar-refractivity contribution in [2.45, 2.75) is 53.0 Å². The third kappa shape index (κ3) is 3.18. The first-order chi connectivity index (χ1) is 7.22. The van der Waals surface area contributed by atoms with Crippen molar-refractivity contribution in [3.8, 4) is 0 Å². The molecule has 15 heavy (non-hydrogen) atoms. The Kier molecular flexibility index (Phi) is 5.07. The second-order valence-electron chi connectivity index (χ2n) is 4.97. The zero-order valence-corrected chi connectivity index (χ0v) is 10.9. The number of likely N-dealkylation sites (tertiary alicyclic amines) is 1. The van der Waals surface area contributed by atoms with Crippen LogP contribution in [0.3, 0.4) is 0 Å². The monoisotopic (exact) mass is 213 g/mol. The lowest BCUT2D eigenvalue weighted by molar-refractivity contribution is -0.00352. The van der Waals surface area contributed by atoms with E-state index in [1.807, 2.05) is 13.8 Å². The SMILES string of the molecule is CC.CC(C)N1CCC2(CCCOC2)C1. The fourth-order valence-corrected chi connectivity index (χ4v) is 2.64. The molecule has 2 aliphatic rings. The van der Waals surface area contributed by atoms with E-state index in [1.165, 1.54) is 32.4 Å². The molecule has 0 aliphatic carbocycles. The molecule has 2 heterocycles. The molecule has 1 spiro atoms. The summed E-state index contributed by atoms with van der Waals surface area (Å²) in [6.45, 7) is 13.1. The largest absolute Gasteiger partial charge is 0.381 e. The predicted molar refractivity (Wildman–Crippen MR) is 65.2 cm³/mol. The van der Waals surface area contributed by atoms with Gasteiger partial charge in [0.1, 0.15) is 0 Å². The average Bonchev–Trinajstić information content (AvgIpc) is 2.67. The summed E-state index contributed by atoms with van der Waals surface area (Å²) < 4.78 is 5.61. The van der Waals surface area contributed by atoms with E-state index in [1.54, 1.807) is 0 Å². The van der Waals surface area contributed by atoms with Crippen molar-refractivity contribution in [3.05, 3.63) is 0 Å². The van der Waals surface area contributed by atoms with Gasteiger partial charge in [0.15, 0.2) is 0 Å². The second-order valence-corrected chi connectivity index (χ2v) is 4.97. The van der Waals surface area contributed by atoms with Crippen LogP contribution in [0.5, 0.6) is 0 Å². The van der Waals surface area contributed by atoms with Gasteiger partial charge in [-0.3, -0.25) is 0 Å². The molecule has 2 fully saturated rings. The van der Waals surface area contributed by atoms with Crippen LogP contribution in [0.15, 0.2) is 0 Å². The van der Waals surface area contributed by atoms with E-state index in [4.69, 9.17) is 4.74 Å². The minimum atomic E-state index is 0.530. The number of hydrogen-bond donors (Lipinski definition) is 0. The normalized spacial score (nSPS) is 31.8. The van der Waals surface area contributed by atoms with Crippen LogP contribution in [0.25, 0.3) is 0 Å². The summed E-state index contributed by atoms with van der Waals surface area (Å²) >= 11 is 0. The van der Waals surface area contributed by atoms with E-state index < -0.39 is 0 Å². The molecule has 2 saturated heterocycles. The minimum Gasteiger partial charge on any atom is -0.381 e. The molecule has 90 valence electrons. The summed E-state index contributed by atoms with van der Waals surface area (Å²) in [5.41, 5.74) is 0.530. The van der Waals surface area contributed by atoms with Crippen LogP contribution in [-0.4, -0.2) is 37.2 Å². The highest BCUT2D eigenvalue weighted by atomic mass is 16.5. The van der Waals surface area contributed by atoms with Crippen molar-refractivity contribution in [2.75, 3.05) is 26.3 Å². The fourth-order valence-electron chi connectivity index (χ4n) is 2.64. The molecule has 0 bridgehead atoms. The van der Waals surface area contributed by atoms with Crippen LogP contribution < -0.4 is 0 Å². The van der Waals surface area contributed by atoms with Gasteiger partial charge in [0.2, 0.25) is 0 Å². The van der Waals surface area contributed by atoms with Crippen LogP contribution in [0.2, 0.25) is 0 Å². The molecule has 0 saturated carbocycles. The number of rotatable bonds is 1. The Morgan fingerprint density at radius 2 is 1.93 bits per heavy atom. The maximum atomic E-state index is 5.61. The molecule has 1 atom stereocenters. The van der Waals surface area contributed by atoms with Crippen LogP contribution in [0.4, 0.5) is 0 Å². The molecule has 2 nitrogen and oxygen atoms in total. The van der Waals surface area contributed by atoms with Gasteiger partial charge in [-0.05, 0) is 39.7 Å². The van der Waals surface area contributed by atoms with E-state index in [2.05, 4.69) is 18.7 Å². The highest BCUT2D eigenvalue weighted by Gasteiger charge is 2.40. The lowest BCUT2D eigenvalue weighted by atomic mass is 9.82. The van der Waals surface area contributed by atoms with Crippen molar-refractivity contribution >= 4 is 0 Å². The highest BCUT2D eigenvalue weighted by molar-refractivity contribution is 4.92. The number of hydrogen-bond acceptors (Lipinski definition) is 2. The zero-order chi connectivity index (χ0) is 11.3. The maximum absolute atomic E-state index is 5.61. The minimum absolute atomic E-state index is 0.530. The molecule has 2 rings (SSSR count). The van der Waals surface area contributed by atoms with Crippen molar-refractivity contribution < 1.29 is 4.74 Å². The van der Waals surface area contributed by atoms with Gasteiger partial charge in [-0.25, -0.2) is 0 Å². The van der Waals surface area contributed by atoms with Gasteiger partial charge >= 0.3 is 0 Å². The fraction of sp³-hybridized carbons (Fsp3) is 1.00. The molecular weight excluding hydrogens is 186 g/mol. The van der Waals surface area contributed by atoms with E-state index in [-0.39, 0.29) is 0 Å². The highest BCUT2D eigenvalue weighted by Crippen LogP contribution is 2.38. The standard InChI is InChI=1S/C11H21NO.C2H6/c1-10(2)12-6-5-11(8-12)4-3-7-13-9-11;1-2/h10H,3-9H2,1-2H3;1-2H3. The molecule has 0 aromatic carbocycles. The topological polar surface area (TPSA) is 12.5 Å². The Morgan fingerprint density at radius 3 is 2.40 bits per heavy atom. The molecule has 0 radical (unpaired) electrons. The average molecular weight is 213 g/mol. The third-order valence-electron chi connectivity index (χ3n) is 3.60. The Morgan fingerprint density at radius 1 is 1.20 bits per heavy atom. The van der Waals surface area contributed by atoms with Gasteiger partial charge in [-0.2, -0.15) is 0 Å². The quantitative estimate of drug-likeness (QED) is 0.664. The van der Waals surface area contributed by atoms with Crippen molar-refractivity contribution in [3.63, 3.8) is 0 Å². The smallest absolute Gasteiger partial charge is 0.0535 e. The summed E-state index contributed by atoms with van der Waals surface area (Å²) in [5, 5.41) is 0. The van der Waals surface area contributed by atoms with Crippen LogP contribution in [-0.2, 0) is 4.74 Å². The Labute approximate surface area is 95.0 Å². The summed E-state index contributed by atoms with van der Waals surface area (Å²) in [5.74, 6) is 0. The van der Waals surface area contributed by atoms with Crippen molar-refractivity contribution in [1.82, 2.24) is 4.90 Å². The molecule has 1 unspecified atom stereocenters. The first kappa shape index (κ1) is 13.0. The summed E-state index contributed by atoms with van der Waals surface area (Å²) in [6.07, 6.45) is 4.01. The molecule has 0 aromatic heterocycles. The second kappa shape index (κ2) is 5.86. The number of ether oxygens (including phenoxy) is 1. The Hall–Kier alpha value is -0.0800. The molecule has 0 aromatic rings. The summed E-state index contributed by atoms with van der Waals surface area (Å²) in [4.78, 5) is 2.59. The first-order valence-corrected chi connectivity index (χ1v) is 6.54. The maximum Gasteiger partial charge on any atom is 0.0535 e. The molecular formula is C13H27NO. The predicted octanol–water partition coefficient (Wildman–Crippen LogP) is 2.92. The van der Waals surface area contributed by atoms with Gasteiger partial charge < -0.3 is 9.64 Å². The van der Waals surface area contributed by atoms with E-state index >= 15 is 0 Å².